The second-order valence-electron chi connectivity index (χ2n) is 4.67. The molecule has 0 spiro atoms. The molecule has 1 rings (SSSR count). The van der Waals surface area contributed by atoms with Gasteiger partial charge < -0.3 is 5.32 Å². The lowest BCUT2D eigenvalue weighted by Gasteiger charge is -2.14. The molecule has 90 valence electrons. The molecule has 1 aromatic heterocycles. The molecule has 0 aromatic carbocycles. The van der Waals surface area contributed by atoms with Crippen molar-refractivity contribution in [3.63, 3.8) is 0 Å². The molecule has 0 fully saturated rings. The number of aromatic nitrogens is 1. The molecule has 0 saturated carbocycles. The number of halogens is 1. The summed E-state index contributed by atoms with van der Waals surface area (Å²) in [4.78, 5) is 3.99. The van der Waals surface area contributed by atoms with Crippen molar-refractivity contribution >= 4 is 11.6 Å². The van der Waals surface area contributed by atoms with Crippen molar-refractivity contribution in [2.45, 2.75) is 39.7 Å². The minimum Gasteiger partial charge on any atom is -0.315 e. The van der Waals surface area contributed by atoms with Crippen molar-refractivity contribution in [1.29, 1.82) is 0 Å². The first-order valence-corrected chi connectivity index (χ1v) is 6.29. The quantitative estimate of drug-likeness (QED) is 0.825. The maximum atomic E-state index is 6.07. The van der Waals surface area contributed by atoms with Gasteiger partial charge in [-0.3, -0.25) is 4.98 Å². The predicted molar refractivity (Wildman–Crippen MR) is 69.9 cm³/mol. The SMILES string of the molecule is CC(CCNC(C)C)Cc1ccncc1Cl. The van der Waals surface area contributed by atoms with Crippen molar-refractivity contribution in [3.8, 4) is 0 Å². The maximum absolute atomic E-state index is 6.07. The van der Waals surface area contributed by atoms with Crippen LogP contribution >= 0.6 is 11.6 Å². The van der Waals surface area contributed by atoms with Gasteiger partial charge in [-0.05, 0) is 36.9 Å². The molecular weight excluding hydrogens is 220 g/mol. The Labute approximate surface area is 103 Å². The Balaban J connectivity index is 2.34. The predicted octanol–water partition coefficient (Wildman–Crippen LogP) is 3.30. The molecule has 1 heterocycles. The van der Waals surface area contributed by atoms with E-state index in [0.29, 0.717) is 12.0 Å². The summed E-state index contributed by atoms with van der Waals surface area (Å²) < 4.78 is 0. The number of nitrogens with zero attached hydrogens (tertiary/aromatic N) is 1. The normalized spacial score (nSPS) is 13.1. The third-order valence-corrected chi connectivity index (χ3v) is 2.95. The van der Waals surface area contributed by atoms with E-state index in [4.69, 9.17) is 11.6 Å². The first kappa shape index (κ1) is 13.5. The van der Waals surface area contributed by atoms with E-state index in [2.05, 4.69) is 31.1 Å². The fourth-order valence-corrected chi connectivity index (χ4v) is 1.86. The van der Waals surface area contributed by atoms with Gasteiger partial charge >= 0.3 is 0 Å². The Morgan fingerprint density at radius 2 is 2.12 bits per heavy atom. The van der Waals surface area contributed by atoms with Gasteiger partial charge in [-0.2, -0.15) is 0 Å². The molecule has 3 heteroatoms. The summed E-state index contributed by atoms with van der Waals surface area (Å²) in [7, 11) is 0. The third kappa shape index (κ3) is 4.95. The number of hydrogen-bond donors (Lipinski definition) is 1. The van der Waals surface area contributed by atoms with E-state index < -0.39 is 0 Å². The molecule has 16 heavy (non-hydrogen) atoms. The van der Waals surface area contributed by atoms with Crippen molar-refractivity contribution < 1.29 is 0 Å². The number of pyridine rings is 1. The highest BCUT2D eigenvalue weighted by atomic mass is 35.5. The van der Waals surface area contributed by atoms with Crippen LogP contribution in [0.1, 0.15) is 32.8 Å². The Hall–Kier alpha value is -0.600. The average molecular weight is 241 g/mol. The first-order chi connectivity index (χ1) is 7.59. The summed E-state index contributed by atoms with van der Waals surface area (Å²) in [5, 5.41) is 4.21. The molecule has 0 aliphatic heterocycles. The molecule has 1 aromatic rings. The van der Waals surface area contributed by atoms with Crippen LogP contribution in [0.15, 0.2) is 18.5 Å². The van der Waals surface area contributed by atoms with Crippen LogP contribution in [-0.4, -0.2) is 17.6 Å². The second-order valence-corrected chi connectivity index (χ2v) is 5.08. The number of rotatable bonds is 6. The van der Waals surface area contributed by atoms with Gasteiger partial charge in [0.1, 0.15) is 0 Å². The van der Waals surface area contributed by atoms with Crippen LogP contribution in [0.25, 0.3) is 0 Å². The lowest BCUT2D eigenvalue weighted by Crippen LogP contribution is -2.25. The lowest BCUT2D eigenvalue weighted by molar-refractivity contribution is 0.476. The summed E-state index contributed by atoms with van der Waals surface area (Å²) in [6.45, 7) is 7.68. The standard InChI is InChI=1S/C13H21ClN2/c1-10(2)16-7-4-11(3)8-12-5-6-15-9-13(12)14/h5-6,9-11,16H,4,7-8H2,1-3H3. The summed E-state index contributed by atoms with van der Waals surface area (Å²) in [6.07, 6.45) is 5.73. The van der Waals surface area contributed by atoms with Crippen molar-refractivity contribution in [3.05, 3.63) is 29.0 Å². The van der Waals surface area contributed by atoms with Gasteiger partial charge in [-0.25, -0.2) is 0 Å². The lowest BCUT2D eigenvalue weighted by atomic mass is 9.99. The summed E-state index contributed by atoms with van der Waals surface area (Å²) in [5.74, 6) is 0.645. The zero-order chi connectivity index (χ0) is 12.0. The zero-order valence-electron chi connectivity index (χ0n) is 10.3. The minimum absolute atomic E-state index is 0.566. The molecule has 1 unspecified atom stereocenters. The highest BCUT2D eigenvalue weighted by Crippen LogP contribution is 2.18. The molecule has 2 nitrogen and oxygen atoms in total. The van der Waals surface area contributed by atoms with Gasteiger partial charge in [0.25, 0.3) is 0 Å². The van der Waals surface area contributed by atoms with E-state index in [1.54, 1.807) is 12.4 Å². The molecule has 0 bridgehead atoms. The van der Waals surface area contributed by atoms with Gasteiger partial charge in [-0.1, -0.05) is 32.4 Å². The van der Waals surface area contributed by atoms with E-state index in [9.17, 15) is 0 Å². The second kappa shape index (κ2) is 6.87. The van der Waals surface area contributed by atoms with Crippen LogP contribution < -0.4 is 5.32 Å². The van der Waals surface area contributed by atoms with Crippen LogP contribution in [0.3, 0.4) is 0 Å². The van der Waals surface area contributed by atoms with E-state index >= 15 is 0 Å². The van der Waals surface area contributed by atoms with Crippen LogP contribution in [0.5, 0.6) is 0 Å². The van der Waals surface area contributed by atoms with Crippen LogP contribution in [-0.2, 0) is 6.42 Å². The fourth-order valence-electron chi connectivity index (χ4n) is 1.67. The zero-order valence-corrected chi connectivity index (χ0v) is 11.1. The summed E-state index contributed by atoms with van der Waals surface area (Å²) in [6, 6.07) is 2.58. The summed E-state index contributed by atoms with van der Waals surface area (Å²) >= 11 is 6.07. The molecule has 0 aliphatic rings. The van der Waals surface area contributed by atoms with Crippen molar-refractivity contribution in [1.82, 2.24) is 10.3 Å². The Bertz CT molecular complexity index is 313. The third-order valence-electron chi connectivity index (χ3n) is 2.61. The molecule has 0 aliphatic carbocycles. The van der Waals surface area contributed by atoms with Crippen molar-refractivity contribution in [2.24, 2.45) is 5.92 Å². The Morgan fingerprint density at radius 1 is 1.38 bits per heavy atom. The van der Waals surface area contributed by atoms with Gasteiger partial charge in [0.15, 0.2) is 0 Å². The number of hydrogen-bond acceptors (Lipinski definition) is 2. The largest absolute Gasteiger partial charge is 0.315 e. The summed E-state index contributed by atoms with van der Waals surface area (Å²) in [5.41, 5.74) is 1.20. The fraction of sp³-hybridized carbons (Fsp3) is 0.615. The topological polar surface area (TPSA) is 24.9 Å². The van der Waals surface area contributed by atoms with E-state index in [1.807, 2.05) is 6.07 Å². The van der Waals surface area contributed by atoms with Gasteiger partial charge in [0.05, 0.1) is 5.02 Å². The average Bonchev–Trinajstić information content (AvgIpc) is 2.21. The smallest absolute Gasteiger partial charge is 0.0621 e. The Kier molecular flexibility index (Phi) is 5.78. The van der Waals surface area contributed by atoms with Gasteiger partial charge in [0, 0.05) is 18.4 Å². The van der Waals surface area contributed by atoms with E-state index in [0.717, 1.165) is 18.0 Å². The molecule has 0 saturated heterocycles. The van der Waals surface area contributed by atoms with E-state index in [-0.39, 0.29) is 0 Å². The minimum atomic E-state index is 0.566. The molecule has 0 amide bonds. The maximum Gasteiger partial charge on any atom is 0.0621 e. The first-order valence-electron chi connectivity index (χ1n) is 5.91. The number of nitrogens with one attached hydrogen (secondary N) is 1. The highest BCUT2D eigenvalue weighted by Gasteiger charge is 2.06. The van der Waals surface area contributed by atoms with Crippen LogP contribution in [0, 0.1) is 5.92 Å². The van der Waals surface area contributed by atoms with Gasteiger partial charge in [0.2, 0.25) is 0 Å². The molecule has 1 N–H and O–H groups in total. The van der Waals surface area contributed by atoms with Crippen molar-refractivity contribution in [2.75, 3.05) is 6.54 Å². The molecule has 1 atom stereocenters. The monoisotopic (exact) mass is 240 g/mol. The molecule has 0 radical (unpaired) electrons. The Morgan fingerprint density at radius 3 is 2.75 bits per heavy atom. The molecular formula is C13H21ClN2. The van der Waals surface area contributed by atoms with Crippen LogP contribution in [0.4, 0.5) is 0 Å². The van der Waals surface area contributed by atoms with Crippen LogP contribution in [0.2, 0.25) is 5.02 Å². The highest BCUT2D eigenvalue weighted by molar-refractivity contribution is 6.31. The van der Waals surface area contributed by atoms with Gasteiger partial charge in [-0.15, -0.1) is 0 Å². The van der Waals surface area contributed by atoms with E-state index in [1.165, 1.54) is 12.0 Å².